The molecule has 0 spiro atoms. The summed E-state index contributed by atoms with van der Waals surface area (Å²) in [6, 6.07) is 14.2. The van der Waals surface area contributed by atoms with Crippen LogP contribution in [0.2, 0.25) is 10.0 Å². The van der Waals surface area contributed by atoms with E-state index < -0.39 is 0 Å². The fourth-order valence-corrected chi connectivity index (χ4v) is 2.73. The van der Waals surface area contributed by atoms with Crippen LogP contribution < -0.4 is 10.6 Å². The summed E-state index contributed by atoms with van der Waals surface area (Å²) in [6.07, 6.45) is 0. The standard InChI is InChI=1S/C19H21Cl2N3O2/c1-13(14-7-9-15(20)10-8-14)22-18(25)11-24(2)12-19(26)23-17-6-4-3-5-16(17)21/h3-10,13H,11-12H2,1-2H3,(H,22,25)(H,23,26)/t13-/m1/s1. The van der Waals surface area contributed by atoms with Crippen molar-refractivity contribution in [3.63, 3.8) is 0 Å². The van der Waals surface area contributed by atoms with Gasteiger partial charge in [-0.1, -0.05) is 47.5 Å². The third-order valence-corrected chi connectivity index (χ3v) is 4.30. The van der Waals surface area contributed by atoms with Crippen molar-refractivity contribution in [2.45, 2.75) is 13.0 Å². The highest BCUT2D eigenvalue weighted by atomic mass is 35.5. The van der Waals surface area contributed by atoms with Crippen LogP contribution in [0.25, 0.3) is 0 Å². The van der Waals surface area contributed by atoms with Gasteiger partial charge in [-0.25, -0.2) is 0 Å². The van der Waals surface area contributed by atoms with Crippen molar-refractivity contribution in [3.8, 4) is 0 Å². The molecule has 0 aliphatic carbocycles. The van der Waals surface area contributed by atoms with Crippen LogP contribution in [0.3, 0.4) is 0 Å². The lowest BCUT2D eigenvalue weighted by molar-refractivity contribution is -0.123. The third-order valence-electron chi connectivity index (χ3n) is 3.72. The van der Waals surface area contributed by atoms with Crippen LogP contribution in [-0.2, 0) is 9.59 Å². The van der Waals surface area contributed by atoms with Gasteiger partial charge in [-0.15, -0.1) is 0 Å². The number of benzene rings is 2. The van der Waals surface area contributed by atoms with Gasteiger partial charge in [0.15, 0.2) is 0 Å². The number of hydrogen-bond donors (Lipinski definition) is 2. The number of hydrogen-bond acceptors (Lipinski definition) is 3. The van der Waals surface area contributed by atoms with Crippen LogP contribution in [0.5, 0.6) is 0 Å². The molecule has 0 fully saturated rings. The molecule has 0 aliphatic heterocycles. The van der Waals surface area contributed by atoms with Crippen molar-refractivity contribution >= 4 is 40.7 Å². The van der Waals surface area contributed by atoms with E-state index in [1.54, 1.807) is 48.3 Å². The van der Waals surface area contributed by atoms with Gasteiger partial charge in [0.1, 0.15) is 0 Å². The molecule has 2 aromatic rings. The van der Waals surface area contributed by atoms with Crippen LogP contribution in [0.4, 0.5) is 5.69 Å². The normalized spacial score (nSPS) is 11.9. The van der Waals surface area contributed by atoms with Gasteiger partial charge < -0.3 is 10.6 Å². The van der Waals surface area contributed by atoms with E-state index in [0.717, 1.165) is 5.56 Å². The molecule has 0 bridgehead atoms. The minimum atomic E-state index is -0.237. The molecule has 0 heterocycles. The molecule has 26 heavy (non-hydrogen) atoms. The summed E-state index contributed by atoms with van der Waals surface area (Å²) in [6.45, 7) is 2.08. The number of amides is 2. The zero-order valence-electron chi connectivity index (χ0n) is 14.6. The minimum Gasteiger partial charge on any atom is -0.348 e. The Morgan fingerprint density at radius 3 is 2.27 bits per heavy atom. The van der Waals surface area contributed by atoms with Gasteiger partial charge in [-0.3, -0.25) is 14.5 Å². The lowest BCUT2D eigenvalue weighted by atomic mass is 10.1. The van der Waals surface area contributed by atoms with E-state index >= 15 is 0 Å². The second-order valence-electron chi connectivity index (χ2n) is 6.04. The maximum absolute atomic E-state index is 12.2. The molecule has 0 radical (unpaired) electrons. The van der Waals surface area contributed by atoms with Gasteiger partial charge in [0.05, 0.1) is 29.8 Å². The first-order valence-electron chi connectivity index (χ1n) is 8.13. The molecule has 0 aromatic heterocycles. The van der Waals surface area contributed by atoms with Gasteiger partial charge in [0, 0.05) is 5.02 Å². The predicted octanol–water partition coefficient (Wildman–Crippen LogP) is 3.74. The van der Waals surface area contributed by atoms with Crippen molar-refractivity contribution < 1.29 is 9.59 Å². The SMILES string of the molecule is C[C@@H](NC(=O)CN(C)CC(=O)Nc1ccccc1Cl)c1ccc(Cl)cc1. The Morgan fingerprint density at radius 1 is 1.00 bits per heavy atom. The van der Waals surface area contributed by atoms with Gasteiger partial charge in [0.2, 0.25) is 11.8 Å². The Morgan fingerprint density at radius 2 is 1.62 bits per heavy atom. The zero-order chi connectivity index (χ0) is 19.1. The van der Waals surface area contributed by atoms with E-state index in [9.17, 15) is 9.59 Å². The fourth-order valence-electron chi connectivity index (χ4n) is 2.42. The number of carbonyl (C=O) groups excluding carboxylic acids is 2. The largest absolute Gasteiger partial charge is 0.348 e. The average molecular weight is 394 g/mol. The molecule has 5 nitrogen and oxygen atoms in total. The van der Waals surface area contributed by atoms with Crippen LogP contribution in [-0.4, -0.2) is 36.9 Å². The Labute approximate surface area is 163 Å². The van der Waals surface area contributed by atoms with Gasteiger partial charge in [-0.05, 0) is 43.8 Å². The van der Waals surface area contributed by atoms with E-state index in [1.165, 1.54) is 0 Å². The smallest absolute Gasteiger partial charge is 0.238 e. The van der Waals surface area contributed by atoms with Gasteiger partial charge in [0.25, 0.3) is 0 Å². The van der Waals surface area contributed by atoms with Crippen LogP contribution in [0.15, 0.2) is 48.5 Å². The quantitative estimate of drug-likeness (QED) is 0.752. The van der Waals surface area contributed by atoms with Crippen molar-refractivity contribution in [2.24, 2.45) is 0 Å². The van der Waals surface area contributed by atoms with Crippen molar-refractivity contribution in [1.82, 2.24) is 10.2 Å². The first-order valence-corrected chi connectivity index (χ1v) is 8.88. The van der Waals surface area contributed by atoms with Crippen molar-refractivity contribution in [3.05, 3.63) is 64.1 Å². The summed E-state index contributed by atoms with van der Waals surface area (Å²) in [5.74, 6) is -0.403. The molecule has 0 aliphatic rings. The number of anilines is 1. The third kappa shape index (κ3) is 6.33. The van der Waals surface area contributed by atoms with E-state index in [2.05, 4.69) is 10.6 Å². The molecule has 138 valence electrons. The predicted molar refractivity (Wildman–Crippen MR) is 106 cm³/mol. The highest BCUT2D eigenvalue weighted by Crippen LogP contribution is 2.20. The number of rotatable bonds is 7. The van der Waals surface area contributed by atoms with Gasteiger partial charge in [-0.2, -0.15) is 0 Å². The number of nitrogens with one attached hydrogen (secondary N) is 2. The lowest BCUT2D eigenvalue weighted by Crippen LogP contribution is -2.39. The second kappa shape index (κ2) is 9.57. The van der Waals surface area contributed by atoms with Crippen molar-refractivity contribution in [1.29, 1.82) is 0 Å². The van der Waals surface area contributed by atoms with Crippen molar-refractivity contribution in [2.75, 3.05) is 25.5 Å². The molecular weight excluding hydrogens is 373 g/mol. The Balaban J connectivity index is 1.80. The molecule has 0 saturated heterocycles. The van der Waals surface area contributed by atoms with Crippen LogP contribution >= 0.6 is 23.2 Å². The maximum atomic E-state index is 12.2. The molecule has 2 amide bonds. The first-order chi connectivity index (χ1) is 12.3. The summed E-state index contributed by atoms with van der Waals surface area (Å²) in [5, 5.41) is 6.75. The number of para-hydroxylation sites is 1. The molecular formula is C19H21Cl2N3O2. The Bertz CT molecular complexity index is 766. The summed E-state index contributed by atoms with van der Waals surface area (Å²) in [7, 11) is 1.71. The molecule has 2 N–H and O–H groups in total. The Kier molecular flexibility index (Phi) is 7.45. The fraction of sp³-hybridized carbons (Fsp3) is 0.263. The zero-order valence-corrected chi connectivity index (χ0v) is 16.1. The van der Waals surface area contributed by atoms with E-state index in [4.69, 9.17) is 23.2 Å². The lowest BCUT2D eigenvalue weighted by Gasteiger charge is -2.19. The number of nitrogens with zero attached hydrogens (tertiary/aromatic N) is 1. The average Bonchev–Trinajstić information content (AvgIpc) is 2.57. The molecule has 7 heteroatoms. The number of halogens is 2. The van der Waals surface area contributed by atoms with E-state index in [-0.39, 0.29) is 30.9 Å². The highest BCUT2D eigenvalue weighted by molar-refractivity contribution is 6.33. The van der Waals surface area contributed by atoms with Gasteiger partial charge >= 0.3 is 0 Å². The monoisotopic (exact) mass is 393 g/mol. The first kappa shape index (κ1) is 20.2. The molecule has 2 rings (SSSR count). The van der Waals surface area contributed by atoms with Crippen LogP contribution in [0.1, 0.15) is 18.5 Å². The number of carbonyl (C=O) groups is 2. The summed E-state index contributed by atoms with van der Waals surface area (Å²) in [4.78, 5) is 25.9. The topological polar surface area (TPSA) is 61.4 Å². The summed E-state index contributed by atoms with van der Waals surface area (Å²) < 4.78 is 0. The number of likely N-dealkylation sites (N-methyl/N-ethyl adjacent to an activating group) is 1. The minimum absolute atomic E-state index is 0.0774. The molecule has 0 saturated carbocycles. The van der Waals surface area contributed by atoms with E-state index in [0.29, 0.717) is 15.7 Å². The molecule has 2 aromatic carbocycles. The Hall–Kier alpha value is -2.08. The van der Waals surface area contributed by atoms with Crippen LogP contribution in [0, 0.1) is 0 Å². The molecule has 1 atom stereocenters. The highest BCUT2D eigenvalue weighted by Gasteiger charge is 2.14. The summed E-state index contributed by atoms with van der Waals surface area (Å²) >= 11 is 11.9. The van der Waals surface area contributed by atoms with E-state index in [1.807, 2.05) is 19.1 Å². The second-order valence-corrected chi connectivity index (χ2v) is 6.88. The maximum Gasteiger partial charge on any atom is 0.238 e. The summed E-state index contributed by atoms with van der Waals surface area (Å²) in [5.41, 5.74) is 1.51. The molecule has 0 unspecified atom stereocenters.